The number of ether oxygens (including phenoxy) is 1. The SMILES string of the molecule is CCC(N)Cc1cccc(OCc2ccc(F)cc2F)c1. The summed E-state index contributed by atoms with van der Waals surface area (Å²) in [7, 11) is 0. The monoisotopic (exact) mass is 291 g/mol. The molecule has 2 rings (SSSR count). The minimum atomic E-state index is -0.598. The van der Waals surface area contributed by atoms with Crippen LogP contribution in [0.1, 0.15) is 24.5 Å². The van der Waals surface area contributed by atoms with Gasteiger partial charge in [0.25, 0.3) is 0 Å². The summed E-state index contributed by atoms with van der Waals surface area (Å²) < 4.78 is 31.9. The average Bonchev–Trinajstić information content (AvgIpc) is 2.46. The van der Waals surface area contributed by atoms with Gasteiger partial charge in [0, 0.05) is 17.7 Å². The fourth-order valence-electron chi connectivity index (χ4n) is 2.01. The van der Waals surface area contributed by atoms with Crippen molar-refractivity contribution in [3.63, 3.8) is 0 Å². The van der Waals surface area contributed by atoms with Gasteiger partial charge >= 0.3 is 0 Å². The Balaban J connectivity index is 2.01. The Bertz CT molecular complexity index is 601. The molecular formula is C17H19F2NO. The van der Waals surface area contributed by atoms with Gasteiger partial charge in [-0.1, -0.05) is 19.1 Å². The van der Waals surface area contributed by atoms with Crippen molar-refractivity contribution in [3.8, 4) is 5.75 Å². The van der Waals surface area contributed by atoms with Crippen molar-refractivity contribution >= 4 is 0 Å². The Kier molecular flexibility index (Phi) is 5.28. The zero-order chi connectivity index (χ0) is 15.2. The second-order valence-corrected chi connectivity index (χ2v) is 5.04. The summed E-state index contributed by atoms with van der Waals surface area (Å²) >= 11 is 0. The maximum atomic E-state index is 13.5. The van der Waals surface area contributed by atoms with Crippen molar-refractivity contribution < 1.29 is 13.5 Å². The lowest BCUT2D eigenvalue weighted by Gasteiger charge is -2.11. The first kappa shape index (κ1) is 15.4. The third kappa shape index (κ3) is 4.53. The zero-order valence-corrected chi connectivity index (χ0v) is 12.0. The number of hydrogen-bond acceptors (Lipinski definition) is 2. The van der Waals surface area contributed by atoms with Gasteiger partial charge in [-0.2, -0.15) is 0 Å². The average molecular weight is 291 g/mol. The van der Waals surface area contributed by atoms with Crippen LogP contribution in [0.4, 0.5) is 8.78 Å². The van der Waals surface area contributed by atoms with E-state index in [4.69, 9.17) is 10.5 Å². The molecule has 2 nitrogen and oxygen atoms in total. The maximum absolute atomic E-state index is 13.5. The molecule has 0 saturated carbocycles. The molecule has 0 aliphatic rings. The zero-order valence-electron chi connectivity index (χ0n) is 12.0. The molecule has 0 spiro atoms. The van der Waals surface area contributed by atoms with Gasteiger partial charge in [0.15, 0.2) is 0 Å². The van der Waals surface area contributed by atoms with Crippen molar-refractivity contribution in [2.24, 2.45) is 5.73 Å². The van der Waals surface area contributed by atoms with Crippen LogP contribution in [-0.4, -0.2) is 6.04 Å². The van der Waals surface area contributed by atoms with Crippen molar-refractivity contribution in [3.05, 3.63) is 65.2 Å². The van der Waals surface area contributed by atoms with Gasteiger partial charge in [-0.25, -0.2) is 8.78 Å². The summed E-state index contributed by atoms with van der Waals surface area (Å²) in [6.45, 7) is 2.11. The minimum absolute atomic E-state index is 0.0649. The minimum Gasteiger partial charge on any atom is -0.489 e. The Morgan fingerprint density at radius 1 is 1.14 bits per heavy atom. The maximum Gasteiger partial charge on any atom is 0.132 e. The topological polar surface area (TPSA) is 35.2 Å². The molecule has 21 heavy (non-hydrogen) atoms. The second kappa shape index (κ2) is 7.18. The molecule has 0 bridgehead atoms. The first-order valence-corrected chi connectivity index (χ1v) is 6.99. The molecule has 0 aromatic heterocycles. The summed E-state index contributed by atoms with van der Waals surface area (Å²) in [5.41, 5.74) is 7.34. The van der Waals surface area contributed by atoms with Crippen LogP contribution in [0.5, 0.6) is 5.75 Å². The summed E-state index contributed by atoms with van der Waals surface area (Å²) in [6.07, 6.45) is 1.69. The summed E-state index contributed by atoms with van der Waals surface area (Å²) in [4.78, 5) is 0. The van der Waals surface area contributed by atoms with Crippen LogP contribution in [0.15, 0.2) is 42.5 Å². The van der Waals surface area contributed by atoms with Crippen LogP contribution in [0.2, 0.25) is 0 Å². The Labute approximate surface area is 123 Å². The Hall–Kier alpha value is -1.94. The molecule has 2 N–H and O–H groups in total. The van der Waals surface area contributed by atoms with Crippen LogP contribution in [0, 0.1) is 11.6 Å². The van der Waals surface area contributed by atoms with E-state index in [1.165, 1.54) is 12.1 Å². The molecule has 0 radical (unpaired) electrons. The standard InChI is InChI=1S/C17H19F2NO/c1-2-15(20)8-12-4-3-5-16(9-12)21-11-13-6-7-14(18)10-17(13)19/h3-7,9-10,15H,2,8,11,20H2,1H3. The van der Waals surface area contributed by atoms with Crippen LogP contribution in [0.3, 0.4) is 0 Å². The van der Waals surface area contributed by atoms with Gasteiger partial charge in [-0.05, 0) is 42.7 Å². The van der Waals surface area contributed by atoms with E-state index in [0.29, 0.717) is 11.3 Å². The molecule has 0 amide bonds. The highest BCUT2D eigenvalue weighted by molar-refractivity contribution is 5.29. The quantitative estimate of drug-likeness (QED) is 0.878. The van der Waals surface area contributed by atoms with Gasteiger partial charge in [-0.15, -0.1) is 0 Å². The molecule has 112 valence electrons. The van der Waals surface area contributed by atoms with Crippen LogP contribution < -0.4 is 10.5 Å². The predicted octanol–water partition coefficient (Wildman–Crippen LogP) is 3.82. The van der Waals surface area contributed by atoms with E-state index in [-0.39, 0.29) is 12.6 Å². The lowest BCUT2D eigenvalue weighted by atomic mass is 10.0. The molecule has 4 heteroatoms. The lowest BCUT2D eigenvalue weighted by Crippen LogP contribution is -2.21. The molecule has 1 unspecified atom stereocenters. The fraction of sp³-hybridized carbons (Fsp3) is 0.294. The summed E-state index contributed by atoms with van der Waals surface area (Å²) in [5, 5.41) is 0. The van der Waals surface area contributed by atoms with Crippen molar-refractivity contribution in [2.75, 3.05) is 0 Å². The van der Waals surface area contributed by atoms with Crippen LogP contribution >= 0.6 is 0 Å². The van der Waals surface area contributed by atoms with E-state index in [2.05, 4.69) is 0 Å². The van der Waals surface area contributed by atoms with E-state index in [0.717, 1.165) is 24.5 Å². The van der Waals surface area contributed by atoms with Gasteiger partial charge in [-0.3, -0.25) is 0 Å². The van der Waals surface area contributed by atoms with E-state index in [9.17, 15) is 8.78 Å². The third-order valence-corrected chi connectivity index (χ3v) is 3.33. The number of rotatable bonds is 6. The highest BCUT2D eigenvalue weighted by Crippen LogP contribution is 2.18. The van der Waals surface area contributed by atoms with E-state index in [1.807, 2.05) is 31.2 Å². The van der Waals surface area contributed by atoms with Crippen LogP contribution in [-0.2, 0) is 13.0 Å². The molecule has 2 aromatic carbocycles. The highest BCUT2D eigenvalue weighted by atomic mass is 19.1. The van der Waals surface area contributed by atoms with Crippen LogP contribution in [0.25, 0.3) is 0 Å². The van der Waals surface area contributed by atoms with Gasteiger partial charge in [0.2, 0.25) is 0 Å². The molecule has 1 atom stereocenters. The Morgan fingerprint density at radius 3 is 2.67 bits per heavy atom. The fourth-order valence-corrected chi connectivity index (χ4v) is 2.01. The largest absolute Gasteiger partial charge is 0.489 e. The molecular weight excluding hydrogens is 272 g/mol. The summed E-state index contributed by atoms with van der Waals surface area (Å²) in [6, 6.07) is 11.2. The lowest BCUT2D eigenvalue weighted by molar-refractivity contribution is 0.299. The van der Waals surface area contributed by atoms with Crippen molar-refractivity contribution in [1.29, 1.82) is 0 Å². The van der Waals surface area contributed by atoms with Crippen molar-refractivity contribution in [2.45, 2.75) is 32.4 Å². The molecule has 0 fully saturated rings. The first-order valence-electron chi connectivity index (χ1n) is 6.99. The predicted molar refractivity (Wildman–Crippen MR) is 79.1 cm³/mol. The molecule has 0 heterocycles. The van der Waals surface area contributed by atoms with Crippen molar-refractivity contribution in [1.82, 2.24) is 0 Å². The number of nitrogens with two attached hydrogens (primary N) is 1. The van der Waals surface area contributed by atoms with Gasteiger partial charge in [0.1, 0.15) is 24.0 Å². The van der Waals surface area contributed by atoms with Gasteiger partial charge in [0.05, 0.1) is 0 Å². The number of hydrogen-bond donors (Lipinski definition) is 1. The molecule has 0 saturated heterocycles. The molecule has 2 aromatic rings. The Morgan fingerprint density at radius 2 is 1.95 bits per heavy atom. The normalized spacial score (nSPS) is 12.2. The molecule has 0 aliphatic heterocycles. The number of halogens is 2. The smallest absolute Gasteiger partial charge is 0.132 e. The highest BCUT2D eigenvalue weighted by Gasteiger charge is 2.06. The van der Waals surface area contributed by atoms with E-state index >= 15 is 0 Å². The summed E-state index contributed by atoms with van der Waals surface area (Å²) in [5.74, 6) is -0.537. The molecule has 0 aliphatic carbocycles. The van der Waals surface area contributed by atoms with E-state index < -0.39 is 11.6 Å². The third-order valence-electron chi connectivity index (χ3n) is 3.33. The van der Waals surface area contributed by atoms with E-state index in [1.54, 1.807) is 0 Å². The first-order chi connectivity index (χ1) is 10.1. The van der Waals surface area contributed by atoms with Gasteiger partial charge < -0.3 is 10.5 Å². The number of benzene rings is 2. The second-order valence-electron chi connectivity index (χ2n) is 5.04.